The molecule has 2 aromatic heterocycles. The molecule has 1 saturated heterocycles. The molecule has 1 aliphatic rings. The zero-order valence-corrected chi connectivity index (χ0v) is 17.6. The van der Waals surface area contributed by atoms with Gasteiger partial charge < -0.3 is 15.4 Å². The number of nitrogens with zero attached hydrogens (tertiary/aromatic N) is 4. The summed E-state index contributed by atoms with van der Waals surface area (Å²) in [7, 11) is 0. The van der Waals surface area contributed by atoms with E-state index in [9.17, 15) is 9.59 Å². The van der Waals surface area contributed by atoms with Crippen LogP contribution in [0.25, 0.3) is 17.0 Å². The van der Waals surface area contributed by atoms with Crippen LogP contribution in [0.2, 0.25) is 5.02 Å². The Morgan fingerprint density at radius 1 is 1.30 bits per heavy atom. The highest BCUT2D eigenvalue weighted by Gasteiger charge is 2.28. The number of benzene rings is 1. The second-order valence-corrected chi connectivity index (χ2v) is 8.45. The minimum Gasteiger partial charge on any atom is -0.383 e. The van der Waals surface area contributed by atoms with Crippen molar-refractivity contribution < 1.29 is 9.59 Å². The largest absolute Gasteiger partial charge is 0.383 e. The summed E-state index contributed by atoms with van der Waals surface area (Å²) in [5.74, 6) is 0.339. The summed E-state index contributed by atoms with van der Waals surface area (Å²) >= 11 is 7.38. The zero-order valence-electron chi connectivity index (χ0n) is 16.1. The number of halogens is 1. The molecule has 3 aromatic rings. The number of nitrogen functional groups attached to an aromatic ring is 1. The van der Waals surface area contributed by atoms with E-state index in [4.69, 9.17) is 17.3 Å². The minimum atomic E-state index is -0.363. The smallest absolute Gasteiger partial charge is 0.246 e. The molecule has 0 bridgehead atoms. The lowest BCUT2D eigenvalue weighted by molar-refractivity contribution is -0.130. The van der Waals surface area contributed by atoms with Gasteiger partial charge in [-0.25, -0.2) is 9.97 Å². The maximum absolute atomic E-state index is 12.5. The first-order valence-electron chi connectivity index (χ1n) is 9.43. The van der Waals surface area contributed by atoms with Gasteiger partial charge in [0.05, 0.1) is 16.6 Å². The average molecular weight is 442 g/mol. The molecular weight excluding hydrogens is 422 g/mol. The van der Waals surface area contributed by atoms with Gasteiger partial charge in [0.2, 0.25) is 5.91 Å². The van der Waals surface area contributed by atoms with Crippen LogP contribution < -0.4 is 5.73 Å². The molecule has 2 N–H and O–H groups in total. The second kappa shape index (κ2) is 8.91. The molecule has 1 aromatic carbocycles. The van der Waals surface area contributed by atoms with E-state index in [1.165, 1.54) is 23.7 Å². The van der Waals surface area contributed by atoms with Gasteiger partial charge in [0.15, 0.2) is 0 Å². The molecule has 0 spiro atoms. The van der Waals surface area contributed by atoms with Gasteiger partial charge in [-0.05, 0) is 29.8 Å². The zero-order chi connectivity index (χ0) is 21.1. The third kappa shape index (κ3) is 4.51. The normalized spacial score (nSPS) is 17.6. The number of amides is 1. The molecule has 0 aliphatic carbocycles. The number of anilines is 1. The van der Waals surface area contributed by atoms with Crippen LogP contribution in [0, 0.1) is 0 Å². The summed E-state index contributed by atoms with van der Waals surface area (Å²) in [5, 5.41) is 3.28. The Morgan fingerprint density at radius 3 is 2.93 bits per heavy atom. The monoisotopic (exact) mass is 441 g/mol. The highest BCUT2D eigenvalue weighted by Crippen LogP contribution is 2.22. The summed E-state index contributed by atoms with van der Waals surface area (Å²) in [4.78, 5) is 37.2. The first-order chi connectivity index (χ1) is 14.5. The fraction of sp³-hybridized carbons (Fsp3) is 0.238. The first kappa shape index (κ1) is 20.5. The van der Waals surface area contributed by atoms with Crippen molar-refractivity contribution >= 4 is 57.9 Å². The molecule has 3 heterocycles. The first-order valence-corrected chi connectivity index (χ1v) is 10.7. The highest BCUT2D eigenvalue weighted by atomic mass is 35.5. The molecule has 0 saturated carbocycles. The molecule has 9 heteroatoms. The number of hydrogen-bond donors (Lipinski definition) is 1. The van der Waals surface area contributed by atoms with E-state index in [1.54, 1.807) is 11.0 Å². The van der Waals surface area contributed by atoms with Gasteiger partial charge in [-0.15, -0.1) is 11.3 Å². The summed E-state index contributed by atoms with van der Waals surface area (Å²) in [6.45, 7) is 2.12. The summed E-state index contributed by atoms with van der Waals surface area (Å²) < 4.78 is 0. The Kier molecular flexibility index (Phi) is 6.08. The van der Waals surface area contributed by atoms with Crippen LogP contribution in [0.5, 0.6) is 0 Å². The molecule has 0 radical (unpaired) electrons. The molecule has 1 amide bonds. The molecule has 7 nitrogen and oxygen atoms in total. The van der Waals surface area contributed by atoms with E-state index in [2.05, 4.69) is 14.9 Å². The van der Waals surface area contributed by atoms with Gasteiger partial charge >= 0.3 is 0 Å². The number of fused-ring (bicyclic) bond motifs is 1. The maximum atomic E-state index is 12.5. The van der Waals surface area contributed by atoms with Crippen LogP contribution in [0.3, 0.4) is 0 Å². The van der Waals surface area contributed by atoms with Crippen molar-refractivity contribution in [3.05, 3.63) is 57.5 Å². The molecule has 1 unspecified atom stereocenters. The third-order valence-electron chi connectivity index (χ3n) is 5.10. The standard InChI is InChI=1S/C21H20ClN5O2S/c22-15-8-17(30-12-15)2-4-20(29)27-6-5-26(16(10-27)11-28)9-14-1-3-18-19(7-14)24-13-25-21(18)23/h1-4,7-8,11-13,16H,5-6,9-10H2,(H2,23,24,25)/b4-2+. The number of rotatable bonds is 5. The van der Waals surface area contributed by atoms with E-state index in [0.717, 1.165) is 27.6 Å². The van der Waals surface area contributed by atoms with Crippen LogP contribution in [0.4, 0.5) is 5.82 Å². The third-order valence-corrected chi connectivity index (χ3v) is 6.34. The lowest BCUT2D eigenvalue weighted by atomic mass is 10.1. The van der Waals surface area contributed by atoms with E-state index in [-0.39, 0.29) is 11.9 Å². The van der Waals surface area contributed by atoms with Crippen molar-refractivity contribution in [3.8, 4) is 0 Å². The lowest BCUT2D eigenvalue weighted by Crippen LogP contribution is -2.54. The molecular formula is C21H20ClN5O2S. The van der Waals surface area contributed by atoms with Gasteiger partial charge in [-0.2, -0.15) is 0 Å². The fourth-order valence-corrected chi connectivity index (χ4v) is 4.48. The lowest BCUT2D eigenvalue weighted by Gasteiger charge is -2.38. The number of aldehydes is 1. The van der Waals surface area contributed by atoms with Crippen molar-refractivity contribution in [1.82, 2.24) is 19.8 Å². The van der Waals surface area contributed by atoms with Crippen molar-refractivity contribution in [3.63, 3.8) is 0 Å². The van der Waals surface area contributed by atoms with Crippen LogP contribution in [0.1, 0.15) is 10.4 Å². The van der Waals surface area contributed by atoms with E-state index >= 15 is 0 Å². The van der Waals surface area contributed by atoms with Crippen LogP contribution >= 0.6 is 22.9 Å². The van der Waals surface area contributed by atoms with Crippen molar-refractivity contribution in [2.45, 2.75) is 12.6 Å². The van der Waals surface area contributed by atoms with Gasteiger partial charge in [0.1, 0.15) is 18.4 Å². The quantitative estimate of drug-likeness (QED) is 0.483. The Hall–Kier alpha value is -2.81. The molecule has 1 aliphatic heterocycles. The van der Waals surface area contributed by atoms with Gasteiger partial charge in [0, 0.05) is 47.9 Å². The number of carbonyl (C=O) groups is 2. The Morgan fingerprint density at radius 2 is 2.17 bits per heavy atom. The number of hydrogen-bond acceptors (Lipinski definition) is 7. The van der Waals surface area contributed by atoms with E-state index in [0.29, 0.717) is 37.0 Å². The number of aromatic nitrogens is 2. The predicted octanol–water partition coefficient (Wildman–Crippen LogP) is 2.85. The second-order valence-electron chi connectivity index (χ2n) is 7.07. The van der Waals surface area contributed by atoms with E-state index in [1.807, 2.05) is 29.6 Å². The van der Waals surface area contributed by atoms with Crippen LogP contribution in [0.15, 0.2) is 42.0 Å². The maximum Gasteiger partial charge on any atom is 0.246 e. The van der Waals surface area contributed by atoms with Crippen molar-refractivity contribution in [2.24, 2.45) is 0 Å². The summed E-state index contributed by atoms with van der Waals surface area (Å²) in [6.07, 6.45) is 5.64. The Bertz CT molecular complexity index is 1120. The number of piperazine rings is 1. The van der Waals surface area contributed by atoms with E-state index < -0.39 is 0 Å². The molecule has 1 fully saturated rings. The van der Waals surface area contributed by atoms with Gasteiger partial charge in [-0.3, -0.25) is 9.69 Å². The molecule has 30 heavy (non-hydrogen) atoms. The average Bonchev–Trinajstić information content (AvgIpc) is 3.17. The van der Waals surface area contributed by atoms with Crippen LogP contribution in [-0.4, -0.2) is 57.6 Å². The highest BCUT2D eigenvalue weighted by molar-refractivity contribution is 7.11. The van der Waals surface area contributed by atoms with Crippen molar-refractivity contribution in [2.75, 3.05) is 25.4 Å². The Balaban J connectivity index is 1.41. The number of thiophene rings is 1. The fourth-order valence-electron chi connectivity index (χ4n) is 3.50. The van der Waals surface area contributed by atoms with Crippen LogP contribution in [-0.2, 0) is 16.1 Å². The molecule has 154 valence electrons. The number of carbonyl (C=O) groups excluding carboxylic acids is 2. The summed E-state index contributed by atoms with van der Waals surface area (Å²) in [5.41, 5.74) is 7.69. The molecule has 4 rings (SSSR count). The van der Waals surface area contributed by atoms with Gasteiger partial charge in [0.25, 0.3) is 0 Å². The van der Waals surface area contributed by atoms with Crippen molar-refractivity contribution in [1.29, 1.82) is 0 Å². The summed E-state index contributed by atoms with van der Waals surface area (Å²) in [6, 6.07) is 7.28. The molecule has 1 atom stereocenters. The Labute approximate surface area is 182 Å². The van der Waals surface area contributed by atoms with Gasteiger partial charge in [-0.1, -0.05) is 17.7 Å². The predicted molar refractivity (Wildman–Crippen MR) is 119 cm³/mol. The topological polar surface area (TPSA) is 92.4 Å². The number of nitrogens with two attached hydrogens (primary N) is 1. The minimum absolute atomic E-state index is 0.107. The SMILES string of the molecule is Nc1ncnc2cc(CN3CCN(C(=O)/C=C/c4cc(Cl)cs4)CC3C=O)ccc12.